The highest BCUT2D eigenvalue weighted by atomic mass is 16.6. The summed E-state index contributed by atoms with van der Waals surface area (Å²) in [6.07, 6.45) is 7.03. The number of phenolic OH excluding ortho intramolecular Hbond substituents is 2. The molecule has 0 aliphatic heterocycles. The number of methoxy groups -OCH3 is 4. The minimum Gasteiger partial charge on any atom is -0.504 e. The lowest BCUT2D eigenvalue weighted by Crippen LogP contribution is -2.27. The Morgan fingerprint density at radius 3 is 1.24 bits per heavy atom. The van der Waals surface area contributed by atoms with Gasteiger partial charge in [-0.05, 0) is 60.4 Å². The number of benzene rings is 4. The van der Waals surface area contributed by atoms with Crippen LogP contribution in [-0.4, -0.2) is 142 Å². The molecule has 2 unspecified atom stereocenters. The molecule has 14 heteroatoms. The van der Waals surface area contributed by atoms with E-state index in [1.165, 1.54) is 14.2 Å². The molecule has 1 aliphatic carbocycles. The van der Waals surface area contributed by atoms with Gasteiger partial charge in [0.1, 0.15) is 24.7 Å². The van der Waals surface area contributed by atoms with Gasteiger partial charge in [-0.3, -0.25) is 9.98 Å². The molecular formula is C48H62N2O12. The zero-order valence-corrected chi connectivity index (χ0v) is 36.4. The monoisotopic (exact) mass is 858 g/mol. The molecule has 62 heavy (non-hydrogen) atoms. The first-order valence-corrected chi connectivity index (χ1v) is 21.1. The maximum absolute atomic E-state index is 11.2. The minimum absolute atomic E-state index is 0.00989. The predicted octanol–water partition coefficient (Wildman–Crippen LogP) is 7.42. The molecule has 2 N–H and O–H groups in total. The topological polar surface area (TPSA) is 157 Å². The SMILES string of the molecule is COCCOCCOCCOc1ccccc1-c1cc(C=NC2CCCCC2N=Cc2cc(-c3ccccc3OCCOCCOCCOC)cc(OC)c2O)c(O)c(OC)c1. The van der Waals surface area contributed by atoms with Crippen LogP contribution in [0.5, 0.6) is 34.5 Å². The van der Waals surface area contributed by atoms with Gasteiger partial charge in [-0.2, -0.15) is 0 Å². The van der Waals surface area contributed by atoms with E-state index in [9.17, 15) is 10.2 Å². The van der Waals surface area contributed by atoms with Crippen LogP contribution in [0.25, 0.3) is 22.3 Å². The van der Waals surface area contributed by atoms with Crippen molar-refractivity contribution in [3.05, 3.63) is 83.9 Å². The number of aliphatic imine (C=N–C) groups is 2. The number of hydrogen-bond donors (Lipinski definition) is 2. The lowest BCUT2D eigenvalue weighted by molar-refractivity contribution is 0.0180. The molecular weight excluding hydrogens is 797 g/mol. The Morgan fingerprint density at radius 2 is 0.855 bits per heavy atom. The van der Waals surface area contributed by atoms with Crippen molar-refractivity contribution in [3.63, 3.8) is 0 Å². The molecule has 0 bridgehead atoms. The molecule has 0 saturated heterocycles. The molecule has 2 atom stereocenters. The second kappa shape index (κ2) is 27.0. The van der Waals surface area contributed by atoms with Gasteiger partial charge >= 0.3 is 0 Å². The lowest BCUT2D eigenvalue weighted by Gasteiger charge is -2.25. The third-order valence-electron chi connectivity index (χ3n) is 10.1. The predicted molar refractivity (Wildman–Crippen MR) is 239 cm³/mol. The molecule has 4 aromatic rings. The first-order chi connectivity index (χ1) is 30.5. The first-order valence-electron chi connectivity index (χ1n) is 21.1. The Hall–Kier alpha value is -5.22. The lowest BCUT2D eigenvalue weighted by atomic mass is 9.91. The Balaban J connectivity index is 1.28. The molecule has 1 saturated carbocycles. The fourth-order valence-electron chi connectivity index (χ4n) is 6.88. The van der Waals surface area contributed by atoms with Gasteiger partial charge in [0.15, 0.2) is 23.0 Å². The summed E-state index contributed by atoms with van der Waals surface area (Å²) in [7, 11) is 6.32. The van der Waals surface area contributed by atoms with Crippen molar-refractivity contribution in [1.29, 1.82) is 0 Å². The van der Waals surface area contributed by atoms with Gasteiger partial charge in [-0.25, -0.2) is 0 Å². The number of phenols is 2. The van der Waals surface area contributed by atoms with Crippen molar-refractivity contribution in [3.8, 4) is 56.8 Å². The molecule has 0 heterocycles. The molecule has 1 fully saturated rings. The highest BCUT2D eigenvalue weighted by molar-refractivity contribution is 5.90. The van der Waals surface area contributed by atoms with E-state index in [4.69, 9.17) is 57.4 Å². The fraction of sp³-hybridized carbons (Fsp3) is 0.458. The Kier molecular flexibility index (Phi) is 20.8. The largest absolute Gasteiger partial charge is 0.504 e. The average Bonchev–Trinajstić information content (AvgIpc) is 3.30. The summed E-state index contributed by atoms with van der Waals surface area (Å²) in [5.74, 6) is 1.96. The van der Waals surface area contributed by atoms with Crippen molar-refractivity contribution >= 4 is 12.4 Å². The molecule has 0 radical (unpaired) electrons. The maximum Gasteiger partial charge on any atom is 0.166 e. The van der Waals surface area contributed by atoms with Gasteiger partial charge < -0.3 is 57.6 Å². The zero-order valence-electron chi connectivity index (χ0n) is 36.4. The van der Waals surface area contributed by atoms with Crippen molar-refractivity contribution in [2.75, 3.05) is 108 Å². The molecule has 4 aromatic carbocycles. The van der Waals surface area contributed by atoms with Gasteiger partial charge in [0, 0.05) is 48.9 Å². The molecule has 336 valence electrons. The highest BCUT2D eigenvalue weighted by Gasteiger charge is 2.24. The van der Waals surface area contributed by atoms with Crippen LogP contribution in [0.2, 0.25) is 0 Å². The first kappa shape index (κ1) is 47.8. The van der Waals surface area contributed by atoms with Crippen molar-refractivity contribution in [1.82, 2.24) is 0 Å². The molecule has 1 aliphatic rings. The number of rotatable bonds is 28. The van der Waals surface area contributed by atoms with Gasteiger partial charge in [0.05, 0.1) is 92.4 Å². The van der Waals surface area contributed by atoms with Crippen molar-refractivity contribution in [2.24, 2.45) is 9.98 Å². The van der Waals surface area contributed by atoms with Crippen LogP contribution >= 0.6 is 0 Å². The standard InChI is InChI=1S/C48H62N2O12/c1-53-17-19-57-21-23-59-25-27-61-43-15-9-5-11-39(43)35-29-37(47(51)45(31-35)55-3)33-49-41-13-7-8-14-42(41)50-34-38-30-36(32-46(56-4)48(38)52)40-12-6-10-16-44(40)62-28-26-60-24-22-58-20-18-54-2/h5-6,9-12,15-16,29-34,41-42,51-52H,7-8,13-14,17-28H2,1-4H3. The summed E-state index contributed by atoms with van der Waals surface area (Å²) in [5, 5.41) is 22.5. The van der Waals surface area contributed by atoms with E-state index in [0.29, 0.717) is 113 Å². The van der Waals surface area contributed by atoms with E-state index in [-0.39, 0.29) is 23.6 Å². The quantitative estimate of drug-likeness (QED) is 0.0431. The van der Waals surface area contributed by atoms with Crippen LogP contribution < -0.4 is 18.9 Å². The van der Waals surface area contributed by atoms with Crippen molar-refractivity contribution in [2.45, 2.75) is 37.8 Å². The maximum atomic E-state index is 11.2. The van der Waals surface area contributed by atoms with E-state index in [2.05, 4.69) is 0 Å². The van der Waals surface area contributed by atoms with Crippen molar-refractivity contribution < 1.29 is 57.6 Å². The third kappa shape index (κ3) is 14.7. The summed E-state index contributed by atoms with van der Waals surface area (Å²) in [6, 6.07) is 22.4. The Morgan fingerprint density at radius 1 is 0.484 bits per heavy atom. The van der Waals surface area contributed by atoms with E-state index in [1.54, 1.807) is 38.8 Å². The minimum atomic E-state index is -0.157. The number of aromatic hydroxyl groups is 2. The summed E-state index contributed by atoms with van der Waals surface area (Å²) in [4.78, 5) is 9.99. The van der Waals surface area contributed by atoms with Crippen LogP contribution in [-0.2, 0) is 28.4 Å². The third-order valence-corrected chi connectivity index (χ3v) is 10.1. The van der Waals surface area contributed by atoms with Gasteiger partial charge in [-0.1, -0.05) is 49.2 Å². The number of para-hydroxylation sites is 2. The Labute approximate surface area is 365 Å². The van der Waals surface area contributed by atoms with E-state index in [1.807, 2.05) is 60.7 Å². The molecule has 0 aromatic heterocycles. The van der Waals surface area contributed by atoms with Gasteiger partial charge in [-0.15, -0.1) is 0 Å². The normalized spacial score (nSPS) is 15.4. The van der Waals surface area contributed by atoms with E-state index in [0.717, 1.165) is 47.9 Å². The highest BCUT2D eigenvalue weighted by Crippen LogP contribution is 2.40. The molecule has 14 nitrogen and oxygen atoms in total. The van der Waals surface area contributed by atoms with Gasteiger partial charge in [0.2, 0.25) is 0 Å². The van der Waals surface area contributed by atoms with E-state index < -0.39 is 0 Å². The van der Waals surface area contributed by atoms with Crippen LogP contribution in [0.1, 0.15) is 36.8 Å². The molecule has 5 rings (SSSR count). The number of ether oxygens (including phenoxy) is 10. The smallest absolute Gasteiger partial charge is 0.166 e. The second-order valence-corrected chi connectivity index (χ2v) is 14.3. The summed E-state index contributed by atoms with van der Waals surface area (Å²) >= 11 is 0. The van der Waals surface area contributed by atoms with E-state index >= 15 is 0 Å². The second-order valence-electron chi connectivity index (χ2n) is 14.3. The average molecular weight is 859 g/mol. The summed E-state index contributed by atoms with van der Waals surface area (Å²) in [6.45, 7) is 5.52. The molecule has 0 spiro atoms. The summed E-state index contributed by atoms with van der Waals surface area (Å²) < 4.78 is 55.7. The Bertz CT molecular complexity index is 1850. The number of hydrogen-bond acceptors (Lipinski definition) is 14. The van der Waals surface area contributed by atoms with Crippen LogP contribution in [0.3, 0.4) is 0 Å². The fourth-order valence-corrected chi connectivity index (χ4v) is 6.88. The van der Waals surface area contributed by atoms with Crippen LogP contribution in [0, 0.1) is 0 Å². The zero-order chi connectivity index (χ0) is 43.8. The van der Waals surface area contributed by atoms with Crippen LogP contribution in [0.4, 0.5) is 0 Å². The summed E-state index contributed by atoms with van der Waals surface area (Å²) in [5.41, 5.74) is 4.28. The molecule has 0 amide bonds. The van der Waals surface area contributed by atoms with Gasteiger partial charge in [0.25, 0.3) is 0 Å². The number of nitrogens with zero attached hydrogens (tertiary/aromatic N) is 2. The van der Waals surface area contributed by atoms with Crippen LogP contribution in [0.15, 0.2) is 82.8 Å².